The van der Waals surface area contributed by atoms with Crippen LogP contribution in [0.15, 0.2) is 162 Å². The van der Waals surface area contributed by atoms with E-state index in [0.717, 1.165) is 24.1 Å². The largest absolute Gasteiger partial charge is 0.284 e. The van der Waals surface area contributed by atoms with Crippen LogP contribution < -0.4 is 0 Å². The Kier molecular flexibility index (Phi) is 6.11. The molecule has 1 nitrogen and oxygen atoms in total. The Bertz CT molecular complexity index is 1880. The Balaban J connectivity index is 1.28. The Morgan fingerprint density at radius 3 is 2.17 bits per heavy atom. The molecule has 4 aliphatic rings. The summed E-state index contributed by atoms with van der Waals surface area (Å²) in [7, 11) is 0. The van der Waals surface area contributed by atoms with Gasteiger partial charge >= 0.3 is 0 Å². The van der Waals surface area contributed by atoms with Gasteiger partial charge in [-0.2, -0.15) is 0 Å². The second-order valence-corrected chi connectivity index (χ2v) is 11.8. The lowest BCUT2D eigenvalue weighted by Crippen LogP contribution is -2.25. The van der Waals surface area contributed by atoms with Gasteiger partial charge in [-0.25, -0.2) is 0 Å². The first-order chi connectivity index (χ1) is 20.8. The number of hydrogen-bond donors (Lipinski definition) is 0. The van der Waals surface area contributed by atoms with Gasteiger partial charge in [0.1, 0.15) is 0 Å². The maximum absolute atomic E-state index is 5.34. The zero-order chi connectivity index (χ0) is 28.0. The van der Waals surface area contributed by atoms with Gasteiger partial charge in [0, 0.05) is 11.5 Å². The molecule has 0 amide bonds. The molecular formula is C41H33N. The molecule has 2 unspecified atom stereocenters. The van der Waals surface area contributed by atoms with Crippen molar-refractivity contribution in [1.82, 2.24) is 0 Å². The lowest BCUT2D eigenvalue weighted by atomic mass is 9.64. The van der Waals surface area contributed by atoms with Crippen molar-refractivity contribution in [3.8, 4) is 11.1 Å². The van der Waals surface area contributed by atoms with E-state index < -0.39 is 0 Å². The zero-order valence-corrected chi connectivity index (χ0v) is 23.7. The van der Waals surface area contributed by atoms with E-state index in [1.165, 1.54) is 55.7 Å². The molecule has 3 atom stereocenters. The molecule has 3 aliphatic carbocycles. The molecule has 1 aliphatic heterocycles. The van der Waals surface area contributed by atoms with Gasteiger partial charge in [0.25, 0.3) is 0 Å². The maximum Gasteiger partial charge on any atom is 0.0580 e. The minimum absolute atomic E-state index is 0.0523. The summed E-state index contributed by atoms with van der Waals surface area (Å²) in [4.78, 5) is 5.34. The summed E-state index contributed by atoms with van der Waals surface area (Å²) >= 11 is 0. The summed E-state index contributed by atoms with van der Waals surface area (Å²) in [6, 6.07) is 37.5. The number of allylic oxidation sites excluding steroid dienone is 7. The monoisotopic (exact) mass is 539 g/mol. The molecule has 1 heteroatoms. The second-order valence-electron chi connectivity index (χ2n) is 11.8. The van der Waals surface area contributed by atoms with Crippen LogP contribution in [-0.4, -0.2) is 12.3 Å². The smallest absolute Gasteiger partial charge is 0.0580 e. The van der Waals surface area contributed by atoms with E-state index in [-0.39, 0.29) is 11.8 Å². The number of aliphatic imine (C=N–C) groups is 1. The van der Waals surface area contributed by atoms with Gasteiger partial charge in [0.15, 0.2) is 0 Å². The molecule has 0 fully saturated rings. The van der Waals surface area contributed by atoms with E-state index >= 15 is 0 Å². The van der Waals surface area contributed by atoms with Crippen LogP contribution in [0.2, 0.25) is 0 Å². The molecule has 0 aromatic heterocycles. The van der Waals surface area contributed by atoms with E-state index in [1.54, 1.807) is 0 Å². The Labute approximate surface area is 248 Å². The first-order valence-corrected chi connectivity index (χ1v) is 15.1. The minimum atomic E-state index is 0.0523. The van der Waals surface area contributed by atoms with Crippen molar-refractivity contribution >= 4 is 11.3 Å². The van der Waals surface area contributed by atoms with Crippen molar-refractivity contribution in [2.24, 2.45) is 10.9 Å². The molecule has 8 rings (SSSR count). The Morgan fingerprint density at radius 2 is 1.33 bits per heavy atom. The molecule has 4 aromatic carbocycles. The molecule has 0 bridgehead atoms. The fourth-order valence-corrected chi connectivity index (χ4v) is 7.72. The van der Waals surface area contributed by atoms with Gasteiger partial charge in [0.2, 0.25) is 0 Å². The third-order valence-electron chi connectivity index (χ3n) is 9.51. The molecule has 1 heterocycles. The lowest BCUT2D eigenvalue weighted by Gasteiger charge is -2.39. The first kappa shape index (κ1) is 25.0. The van der Waals surface area contributed by atoms with Crippen LogP contribution in [0.4, 0.5) is 0 Å². The van der Waals surface area contributed by atoms with Crippen molar-refractivity contribution in [1.29, 1.82) is 0 Å². The Morgan fingerprint density at radius 1 is 0.643 bits per heavy atom. The van der Waals surface area contributed by atoms with Crippen LogP contribution in [0.1, 0.15) is 52.5 Å². The highest BCUT2D eigenvalue weighted by molar-refractivity contribution is 6.15. The van der Waals surface area contributed by atoms with E-state index in [0.29, 0.717) is 12.5 Å². The molecular weight excluding hydrogens is 506 g/mol. The van der Waals surface area contributed by atoms with Crippen LogP contribution in [0.5, 0.6) is 0 Å². The molecule has 0 spiro atoms. The predicted molar refractivity (Wildman–Crippen MR) is 176 cm³/mol. The van der Waals surface area contributed by atoms with E-state index in [1.807, 2.05) is 0 Å². The number of hydrogen-bond acceptors (Lipinski definition) is 1. The van der Waals surface area contributed by atoms with Gasteiger partial charge in [0.05, 0.1) is 18.2 Å². The molecule has 0 N–H and O–H groups in total. The average molecular weight is 540 g/mol. The number of benzene rings is 4. The first-order valence-electron chi connectivity index (χ1n) is 15.1. The highest BCUT2D eigenvalue weighted by Gasteiger charge is 2.37. The van der Waals surface area contributed by atoms with E-state index in [2.05, 4.69) is 140 Å². The van der Waals surface area contributed by atoms with Gasteiger partial charge in [-0.15, -0.1) is 0 Å². The van der Waals surface area contributed by atoms with Crippen molar-refractivity contribution < 1.29 is 0 Å². The summed E-state index contributed by atoms with van der Waals surface area (Å²) in [5, 5.41) is 0. The summed E-state index contributed by atoms with van der Waals surface area (Å²) in [5.41, 5.74) is 15.6. The highest BCUT2D eigenvalue weighted by Crippen LogP contribution is 2.52. The van der Waals surface area contributed by atoms with Gasteiger partial charge in [-0.1, -0.05) is 140 Å². The van der Waals surface area contributed by atoms with Crippen LogP contribution in [-0.2, 0) is 0 Å². The minimum Gasteiger partial charge on any atom is -0.284 e. The van der Waals surface area contributed by atoms with E-state index in [9.17, 15) is 0 Å². The SMILES string of the molecule is C=C1/C=C\C([C@@H]2c3ccccc3C(c3ccccc3)=C3C=CCCC32)=C/C/N=C2/c3ccccc3-c3ccccc3C12. The van der Waals surface area contributed by atoms with Gasteiger partial charge in [-0.3, -0.25) is 4.99 Å². The zero-order valence-electron chi connectivity index (χ0n) is 23.7. The molecule has 0 radical (unpaired) electrons. The molecule has 42 heavy (non-hydrogen) atoms. The number of fused-ring (bicyclic) bond motifs is 8. The molecule has 0 saturated heterocycles. The standard InChI is InChI=1S/C41H33N/c1-27-23-24-29(25-26-42-41-37-22-12-6-16-31(37)30-15-5-7-17-32(30)38(27)41)40-35-20-10-8-18-33(35)39(28-13-3-2-4-14-28)34-19-9-11-21-36(34)40/h2-10,12-20,22-25,36,38,40H,1,11,21,26H2/b24-23-,29-25+,42-41-/t36?,38?,40-/m1/s1. The van der Waals surface area contributed by atoms with Crippen LogP contribution in [0.25, 0.3) is 16.7 Å². The molecule has 0 saturated carbocycles. The van der Waals surface area contributed by atoms with Gasteiger partial charge in [-0.05, 0) is 74.4 Å². The fourth-order valence-electron chi connectivity index (χ4n) is 7.72. The maximum atomic E-state index is 5.34. The van der Waals surface area contributed by atoms with Crippen molar-refractivity contribution in [2.75, 3.05) is 6.54 Å². The van der Waals surface area contributed by atoms with Gasteiger partial charge < -0.3 is 0 Å². The summed E-state index contributed by atoms with van der Waals surface area (Å²) in [6.07, 6.45) is 14.0. The van der Waals surface area contributed by atoms with Crippen LogP contribution in [0, 0.1) is 5.92 Å². The summed E-state index contributed by atoms with van der Waals surface area (Å²) < 4.78 is 0. The fraction of sp³-hybridized carbons (Fsp3) is 0.146. The highest BCUT2D eigenvalue weighted by atomic mass is 14.7. The van der Waals surface area contributed by atoms with Crippen molar-refractivity contribution in [3.63, 3.8) is 0 Å². The average Bonchev–Trinajstić information content (AvgIpc) is 3.13. The van der Waals surface area contributed by atoms with Crippen molar-refractivity contribution in [3.05, 3.63) is 185 Å². The summed E-state index contributed by atoms with van der Waals surface area (Å²) in [5.74, 6) is 0.746. The van der Waals surface area contributed by atoms with Crippen LogP contribution >= 0.6 is 0 Å². The number of rotatable bonds is 2. The topological polar surface area (TPSA) is 12.4 Å². The predicted octanol–water partition coefficient (Wildman–Crippen LogP) is 9.86. The summed E-state index contributed by atoms with van der Waals surface area (Å²) in [6.45, 7) is 5.31. The second kappa shape index (κ2) is 10.3. The Hall–Kier alpha value is -4.75. The lowest BCUT2D eigenvalue weighted by molar-refractivity contribution is 0.495. The normalized spacial score (nSPS) is 25.5. The number of nitrogens with zero attached hydrogens (tertiary/aromatic N) is 1. The third-order valence-corrected chi connectivity index (χ3v) is 9.51. The van der Waals surface area contributed by atoms with E-state index in [4.69, 9.17) is 4.99 Å². The molecule has 202 valence electrons. The quantitative estimate of drug-likeness (QED) is 0.240. The van der Waals surface area contributed by atoms with Crippen LogP contribution in [0.3, 0.4) is 0 Å². The van der Waals surface area contributed by atoms with Crippen molar-refractivity contribution in [2.45, 2.75) is 24.7 Å². The third kappa shape index (κ3) is 3.96. The molecule has 4 aromatic rings.